The first-order valence-corrected chi connectivity index (χ1v) is 4.61. The van der Waals surface area contributed by atoms with Crippen LogP contribution in [0.5, 0.6) is 0 Å². The Morgan fingerprint density at radius 1 is 1.58 bits per heavy atom. The van der Waals surface area contributed by atoms with E-state index in [0.717, 1.165) is 12.8 Å². The summed E-state index contributed by atoms with van der Waals surface area (Å²) in [7, 11) is 0. The third-order valence-corrected chi connectivity index (χ3v) is 2.31. The van der Waals surface area contributed by atoms with Crippen molar-refractivity contribution in [1.29, 1.82) is 0 Å². The first-order valence-electron chi connectivity index (χ1n) is 4.61. The molecule has 2 N–H and O–H groups in total. The van der Waals surface area contributed by atoms with Crippen molar-refractivity contribution in [2.45, 2.75) is 32.2 Å². The van der Waals surface area contributed by atoms with Gasteiger partial charge in [-0.15, -0.1) is 0 Å². The van der Waals surface area contributed by atoms with E-state index in [1.165, 1.54) is 0 Å². The van der Waals surface area contributed by atoms with Crippen molar-refractivity contribution in [2.24, 2.45) is 11.7 Å². The molecule has 1 aliphatic rings. The summed E-state index contributed by atoms with van der Waals surface area (Å²) < 4.78 is 5.12. The molecule has 0 aliphatic carbocycles. The molecule has 1 heterocycles. The summed E-state index contributed by atoms with van der Waals surface area (Å²) in [6, 6.07) is -0.0608. The Kier molecular flexibility index (Phi) is 3.69. The number of ketones is 1. The molecular weight excluding hydrogens is 154 g/mol. The van der Waals surface area contributed by atoms with Gasteiger partial charge < -0.3 is 10.5 Å². The van der Waals surface area contributed by atoms with Gasteiger partial charge >= 0.3 is 0 Å². The zero-order valence-corrected chi connectivity index (χ0v) is 7.58. The molecule has 70 valence electrons. The topological polar surface area (TPSA) is 52.3 Å². The van der Waals surface area contributed by atoms with E-state index in [4.69, 9.17) is 10.5 Å². The summed E-state index contributed by atoms with van der Waals surface area (Å²) in [5.74, 6) is 0.249. The summed E-state index contributed by atoms with van der Waals surface area (Å²) in [4.78, 5) is 11.5. The fraction of sp³-hybridized carbons (Fsp3) is 0.889. The molecule has 0 bridgehead atoms. The number of ether oxygens (including phenoxy) is 1. The third kappa shape index (κ3) is 2.29. The van der Waals surface area contributed by atoms with Crippen LogP contribution in [0, 0.1) is 5.92 Å². The highest BCUT2D eigenvalue weighted by molar-refractivity contribution is 5.82. The first-order chi connectivity index (χ1) is 5.75. The SMILES string of the molecule is CCCCC(=O)C1COCC1N. The van der Waals surface area contributed by atoms with Gasteiger partial charge in [-0.1, -0.05) is 13.3 Å². The first kappa shape index (κ1) is 9.68. The Balaban J connectivity index is 2.30. The molecular formula is C9H17NO2. The minimum absolute atomic E-state index is 0.0310. The molecule has 2 unspecified atom stereocenters. The summed E-state index contributed by atoms with van der Waals surface area (Å²) in [5.41, 5.74) is 5.71. The van der Waals surface area contributed by atoms with Crippen LogP contribution < -0.4 is 5.73 Å². The molecule has 0 amide bonds. The Morgan fingerprint density at radius 2 is 2.33 bits per heavy atom. The van der Waals surface area contributed by atoms with E-state index in [1.807, 2.05) is 0 Å². The van der Waals surface area contributed by atoms with Crippen molar-refractivity contribution in [3.05, 3.63) is 0 Å². The quantitative estimate of drug-likeness (QED) is 0.678. The highest BCUT2D eigenvalue weighted by atomic mass is 16.5. The fourth-order valence-corrected chi connectivity index (χ4v) is 1.44. The Morgan fingerprint density at radius 3 is 2.83 bits per heavy atom. The van der Waals surface area contributed by atoms with Crippen LogP contribution in [0.1, 0.15) is 26.2 Å². The van der Waals surface area contributed by atoms with Gasteiger partial charge in [-0.2, -0.15) is 0 Å². The zero-order chi connectivity index (χ0) is 8.97. The van der Waals surface area contributed by atoms with Gasteiger partial charge in [0.1, 0.15) is 5.78 Å². The van der Waals surface area contributed by atoms with Crippen LogP contribution >= 0.6 is 0 Å². The highest BCUT2D eigenvalue weighted by Crippen LogP contribution is 2.15. The molecule has 1 rings (SSSR count). The lowest BCUT2D eigenvalue weighted by molar-refractivity contribution is -0.123. The molecule has 2 atom stereocenters. The molecule has 1 saturated heterocycles. The lowest BCUT2D eigenvalue weighted by atomic mass is 9.96. The van der Waals surface area contributed by atoms with Crippen molar-refractivity contribution in [3.63, 3.8) is 0 Å². The molecule has 0 radical (unpaired) electrons. The van der Waals surface area contributed by atoms with Crippen molar-refractivity contribution >= 4 is 5.78 Å². The van der Waals surface area contributed by atoms with Crippen LogP contribution in [0.3, 0.4) is 0 Å². The molecule has 1 fully saturated rings. The molecule has 1 aliphatic heterocycles. The zero-order valence-electron chi connectivity index (χ0n) is 7.58. The van der Waals surface area contributed by atoms with Gasteiger partial charge in [0.25, 0.3) is 0 Å². The van der Waals surface area contributed by atoms with E-state index in [1.54, 1.807) is 0 Å². The Labute approximate surface area is 73.3 Å². The number of unbranched alkanes of at least 4 members (excludes halogenated alkanes) is 1. The number of carbonyl (C=O) groups excluding carboxylic acids is 1. The normalized spacial score (nSPS) is 29.2. The van der Waals surface area contributed by atoms with Gasteiger partial charge in [-0.25, -0.2) is 0 Å². The minimum atomic E-state index is -0.0608. The maximum atomic E-state index is 11.5. The van der Waals surface area contributed by atoms with Crippen LogP contribution in [-0.4, -0.2) is 25.0 Å². The van der Waals surface area contributed by atoms with Crippen LogP contribution in [0.15, 0.2) is 0 Å². The highest BCUT2D eigenvalue weighted by Gasteiger charge is 2.30. The largest absolute Gasteiger partial charge is 0.379 e. The van der Waals surface area contributed by atoms with E-state index < -0.39 is 0 Å². The monoisotopic (exact) mass is 171 g/mol. The van der Waals surface area contributed by atoms with Crippen LogP contribution in [0.25, 0.3) is 0 Å². The minimum Gasteiger partial charge on any atom is -0.379 e. The van der Waals surface area contributed by atoms with Gasteiger partial charge in [0.15, 0.2) is 0 Å². The summed E-state index contributed by atoms with van der Waals surface area (Å²) >= 11 is 0. The second-order valence-corrected chi connectivity index (χ2v) is 3.38. The van der Waals surface area contributed by atoms with Crippen LogP contribution in [0.2, 0.25) is 0 Å². The van der Waals surface area contributed by atoms with Crippen molar-refractivity contribution in [3.8, 4) is 0 Å². The van der Waals surface area contributed by atoms with Gasteiger partial charge in [-0.05, 0) is 6.42 Å². The number of nitrogens with two attached hydrogens (primary N) is 1. The second kappa shape index (κ2) is 4.58. The smallest absolute Gasteiger partial charge is 0.139 e. The summed E-state index contributed by atoms with van der Waals surface area (Å²) in [6.07, 6.45) is 2.70. The molecule has 0 saturated carbocycles. The number of hydrogen-bond acceptors (Lipinski definition) is 3. The average molecular weight is 171 g/mol. The van der Waals surface area contributed by atoms with E-state index >= 15 is 0 Å². The van der Waals surface area contributed by atoms with Gasteiger partial charge in [0.2, 0.25) is 0 Å². The molecule has 0 aromatic carbocycles. The maximum Gasteiger partial charge on any atom is 0.139 e. The van der Waals surface area contributed by atoms with Gasteiger partial charge in [-0.3, -0.25) is 4.79 Å². The summed E-state index contributed by atoms with van der Waals surface area (Å²) in [5, 5.41) is 0. The Hall–Kier alpha value is -0.410. The maximum absolute atomic E-state index is 11.5. The van der Waals surface area contributed by atoms with Gasteiger partial charge in [0.05, 0.1) is 19.1 Å². The van der Waals surface area contributed by atoms with E-state index in [2.05, 4.69) is 6.92 Å². The van der Waals surface area contributed by atoms with Crippen LogP contribution in [0.4, 0.5) is 0 Å². The molecule has 3 heteroatoms. The van der Waals surface area contributed by atoms with Crippen LogP contribution in [-0.2, 0) is 9.53 Å². The lowest BCUT2D eigenvalue weighted by Crippen LogP contribution is -2.33. The lowest BCUT2D eigenvalue weighted by Gasteiger charge is -2.10. The number of rotatable bonds is 4. The molecule has 12 heavy (non-hydrogen) atoms. The molecule has 0 spiro atoms. The van der Waals surface area contributed by atoms with Crippen molar-refractivity contribution in [2.75, 3.05) is 13.2 Å². The predicted octanol–water partition coefficient (Wildman–Crippen LogP) is 0.719. The van der Waals surface area contributed by atoms with E-state index in [0.29, 0.717) is 19.6 Å². The van der Waals surface area contributed by atoms with Crippen molar-refractivity contribution < 1.29 is 9.53 Å². The van der Waals surface area contributed by atoms with Gasteiger partial charge in [0, 0.05) is 12.5 Å². The third-order valence-electron chi connectivity index (χ3n) is 2.31. The number of carbonyl (C=O) groups is 1. The molecule has 0 aromatic rings. The Bertz CT molecular complexity index is 159. The number of hydrogen-bond donors (Lipinski definition) is 1. The van der Waals surface area contributed by atoms with E-state index in [9.17, 15) is 4.79 Å². The number of Topliss-reactive ketones (excluding diaryl/α,β-unsaturated/α-hetero) is 1. The molecule has 3 nitrogen and oxygen atoms in total. The standard InChI is InChI=1S/C9H17NO2/c1-2-3-4-9(11)7-5-12-6-8(7)10/h7-8H,2-6,10H2,1H3. The molecule has 0 aromatic heterocycles. The summed E-state index contributed by atoms with van der Waals surface area (Å²) in [6.45, 7) is 3.16. The second-order valence-electron chi connectivity index (χ2n) is 3.38. The average Bonchev–Trinajstić information content (AvgIpc) is 2.47. The van der Waals surface area contributed by atoms with Crippen molar-refractivity contribution in [1.82, 2.24) is 0 Å². The predicted molar refractivity (Wildman–Crippen MR) is 46.8 cm³/mol. The fourth-order valence-electron chi connectivity index (χ4n) is 1.44. The van der Waals surface area contributed by atoms with E-state index in [-0.39, 0.29) is 17.7 Å².